The number of hydrogen-bond donors (Lipinski definition) is 2. The molecular weight excluding hydrogens is 202 g/mol. The van der Waals surface area contributed by atoms with E-state index < -0.39 is 0 Å². The number of aliphatic hydroxyl groups is 1. The molecule has 0 aromatic rings. The van der Waals surface area contributed by atoms with Gasteiger partial charge in [-0.2, -0.15) is 0 Å². The molecule has 3 nitrogen and oxygen atoms in total. The van der Waals surface area contributed by atoms with Gasteiger partial charge in [0.2, 0.25) is 5.91 Å². The molecular formula is C13H27NO2. The molecule has 0 heterocycles. The molecule has 0 bridgehead atoms. The summed E-state index contributed by atoms with van der Waals surface area (Å²) in [6.07, 6.45) is 5.69. The van der Waals surface area contributed by atoms with Crippen molar-refractivity contribution >= 4 is 5.91 Å². The van der Waals surface area contributed by atoms with E-state index in [1.54, 1.807) is 0 Å². The summed E-state index contributed by atoms with van der Waals surface area (Å²) in [4.78, 5) is 11.9. The summed E-state index contributed by atoms with van der Waals surface area (Å²) in [6, 6.07) is 0.177. The van der Waals surface area contributed by atoms with Gasteiger partial charge in [-0.05, 0) is 32.6 Å². The molecule has 0 aliphatic heterocycles. The van der Waals surface area contributed by atoms with Crippen LogP contribution in [0.3, 0.4) is 0 Å². The second kappa shape index (κ2) is 9.64. The monoisotopic (exact) mass is 229 g/mol. The summed E-state index contributed by atoms with van der Waals surface area (Å²) in [5, 5.41) is 11.7. The van der Waals surface area contributed by atoms with Crippen LogP contribution in [0, 0.1) is 5.92 Å². The van der Waals surface area contributed by atoms with Crippen LogP contribution in [0.2, 0.25) is 0 Å². The molecule has 0 saturated heterocycles. The third kappa shape index (κ3) is 6.83. The molecule has 16 heavy (non-hydrogen) atoms. The lowest BCUT2D eigenvalue weighted by molar-refractivity contribution is -0.126. The maximum Gasteiger partial charge on any atom is 0.223 e. The summed E-state index contributed by atoms with van der Waals surface area (Å²) >= 11 is 0. The summed E-state index contributed by atoms with van der Waals surface area (Å²) in [6.45, 7) is 6.44. The fourth-order valence-corrected chi connectivity index (χ4v) is 1.93. The summed E-state index contributed by atoms with van der Waals surface area (Å²) in [7, 11) is 0. The maximum absolute atomic E-state index is 11.9. The van der Waals surface area contributed by atoms with Crippen LogP contribution in [0.5, 0.6) is 0 Å². The topological polar surface area (TPSA) is 49.3 Å². The van der Waals surface area contributed by atoms with Gasteiger partial charge in [0.25, 0.3) is 0 Å². The van der Waals surface area contributed by atoms with Crippen molar-refractivity contribution in [2.45, 2.75) is 65.3 Å². The lowest BCUT2D eigenvalue weighted by Gasteiger charge is -2.19. The number of nitrogens with one attached hydrogen (secondary N) is 1. The SMILES string of the molecule is CCCC(CCC)C(=O)NC(C)CCCO. The number of aliphatic hydroxyl groups excluding tert-OH is 1. The van der Waals surface area contributed by atoms with E-state index in [2.05, 4.69) is 19.2 Å². The van der Waals surface area contributed by atoms with Crippen LogP contribution < -0.4 is 5.32 Å². The van der Waals surface area contributed by atoms with Gasteiger partial charge < -0.3 is 10.4 Å². The normalized spacial score (nSPS) is 12.8. The molecule has 0 aromatic heterocycles. The fourth-order valence-electron chi connectivity index (χ4n) is 1.93. The molecule has 0 fully saturated rings. The average Bonchev–Trinajstić information content (AvgIpc) is 2.26. The molecule has 0 aromatic carbocycles. The zero-order valence-corrected chi connectivity index (χ0v) is 11.0. The van der Waals surface area contributed by atoms with Crippen LogP contribution in [-0.4, -0.2) is 23.7 Å². The van der Waals surface area contributed by atoms with Crippen molar-refractivity contribution in [2.24, 2.45) is 5.92 Å². The van der Waals surface area contributed by atoms with Gasteiger partial charge in [0.1, 0.15) is 0 Å². The predicted octanol–water partition coefficient (Wildman–Crippen LogP) is 2.48. The van der Waals surface area contributed by atoms with Crippen molar-refractivity contribution in [3.05, 3.63) is 0 Å². The number of carbonyl (C=O) groups is 1. The van der Waals surface area contributed by atoms with E-state index in [1.807, 2.05) is 6.92 Å². The molecule has 0 aliphatic rings. The highest BCUT2D eigenvalue weighted by Crippen LogP contribution is 2.14. The Balaban J connectivity index is 3.97. The van der Waals surface area contributed by atoms with Crippen LogP contribution >= 0.6 is 0 Å². The van der Waals surface area contributed by atoms with Crippen molar-refractivity contribution < 1.29 is 9.90 Å². The summed E-state index contributed by atoms with van der Waals surface area (Å²) < 4.78 is 0. The first kappa shape index (κ1) is 15.4. The smallest absolute Gasteiger partial charge is 0.223 e. The largest absolute Gasteiger partial charge is 0.396 e. The Kier molecular flexibility index (Phi) is 9.30. The Morgan fingerprint density at radius 3 is 2.19 bits per heavy atom. The zero-order chi connectivity index (χ0) is 12.4. The Morgan fingerprint density at radius 2 is 1.75 bits per heavy atom. The fraction of sp³-hybridized carbons (Fsp3) is 0.923. The van der Waals surface area contributed by atoms with Crippen molar-refractivity contribution in [2.75, 3.05) is 6.61 Å². The average molecular weight is 229 g/mol. The van der Waals surface area contributed by atoms with Crippen LogP contribution in [0.15, 0.2) is 0 Å². The van der Waals surface area contributed by atoms with E-state index in [4.69, 9.17) is 5.11 Å². The van der Waals surface area contributed by atoms with Gasteiger partial charge >= 0.3 is 0 Å². The van der Waals surface area contributed by atoms with Gasteiger partial charge in [0.05, 0.1) is 0 Å². The second-order valence-electron chi connectivity index (χ2n) is 4.55. The number of hydrogen-bond acceptors (Lipinski definition) is 2. The predicted molar refractivity (Wildman–Crippen MR) is 67.2 cm³/mol. The minimum Gasteiger partial charge on any atom is -0.396 e. The van der Waals surface area contributed by atoms with Crippen molar-refractivity contribution in [1.82, 2.24) is 5.32 Å². The number of carbonyl (C=O) groups excluding carboxylic acids is 1. The van der Waals surface area contributed by atoms with Gasteiger partial charge in [-0.15, -0.1) is 0 Å². The molecule has 1 atom stereocenters. The van der Waals surface area contributed by atoms with Crippen molar-refractivity contribution in [3.63, 3.8) is 0 Å². The van der Waals surface area contributed by atoms with Crippen LogP contribution in [0.25, 0.3) is 0 Å². The summed E-state index contributed by atoms with van der Waals surface area (Å²) in [5.41, 5.74) is 0. The van der Waals surface area contributed by atoms with E-state index in [0.717, 1.165) is 38.5 Å². The quantitative estimate of drug-likeness (QED) is 0.638. The van der Waals surface area contributed by atoms with Gasteiger partial charge in [0, 0.05) is 18.6 Å². The molecule has 1 amide bonds. The van der Waals surface area contributed by atoms with Gasteiger partial charge in [-0.1, -0.05) is 26.7 Å². The van der Waals surface area contributed by atoms with Crippen molar-refractivity contribution in [3.8, 4) is 0 Å². The number of amides is 1. The van der Waals surface area contributed by atoms with E-state index in [1.165, 1.54) is 0 Å². The molecule has 0 saturated carbocycles. The minimum atomic E-state index is 0.173. The highest BCUT2D eigenvalue weighted by atomic mass is 16.2. The van der Waals surface area contributed by atoms with Crippen molar-refractivity contribution in [1.29, 1.82) is 0 Å². The first-order chi connectivity index (χ1) is 7.65. The molecule has 0 spiro atoms. The van der Waals surface area contributed by atoms with Gasteiger partial charge in [0.15, 0.2) is 0 Å². The third-order valence-corrected chi connectivity index (χ3v) is 2.83. The zero-order valence-electron chi connectivity index (χ0n) is 11.0. The first-order valence-corrected chi connectivity index (χ1v) is 6.56. The molecule has 0 radical (unpaired) electrons. The standard InChI is InChI=1S/C13H27NO2/c1-4-7-12(8-5-2)13(16)14-11(3)9-6-10-15/h11-12,15H,4-10H2,1-3H3,(H,14,16). The Labute approximate surface area is 99.6 Å². The molecule has 96 valence electrons. The molecule has 2 N–H and O–H groups in total. The lowest BCUT2D eigenvalue weighted by atomic mass is 9.97. The van der Waals surface area contributed by atoms with E-state index in [9.17, 15) is 4.79 Å². The Bertz CT molecular complexity index is 177. The van der Waals surface area contributed by atoms with E-state index in [0.29, 0.717) is 0 Å². The second-order valence-corrected chi connectivity index (χ2v) is 4.55. The Hall–Kier alpha value is -0.570. The van der Waals surface area contributed by atoms with Crippen LogP contribution in [-0.2, 0) is 4.79 Å². The number of rotatable bonds is 9. The lowest BCUT2D eigenvalue weighted by Crippen LogP contribution is -2.37. The Morgan fingerprint density at radius 1 is 1.19 bits per heavy atom. The molecule has 3 heteroatoms. The molecule has 0 aliphatic carbocycles. The highest BCUT2D eigenvalue weighted by Gasteiger charge is 2.17. The third-order valence-electron chi connectivity index (χ3n) is 2.83. The highest BCUT2D eigenvalue weighted by molar-refractivity contribution is 5.78. The maximum atomic E-state index is 11.9. The summed E-state index contributed by atoms with van der Waals surface area (Å²) in [5.74, 6) is 0.362. The van der Waals surface area contributed by atoms with Crippen LogP contribution in [0.4, 0.5) is 0 Å². The molecule has 1 unspecified atom stereocenters. The van der Waals surface area contributed by atoms with E-state index in [-0.39, 0.29) is 24.5 Å². The van der Waals surface area contributed by atoms with Gasteiger partial charge in [-0.25, -0.2) is 0 Å². The van der Waals surface area contributed by atoms with Gasteiger partial charge in [-0.3, -0.25) is 4.79 Å². The van der Waals surface area contributed by atoms with Crippen LogP contribution in [0.1, 0.15) is 59.3 Å². The minimum absolute atomic E-state index is 0.173. The first-order valence-electron chi connectivity index (χ1n) is 6.56. The molecule has 0 rings (SSSR count). The van der Waals surface area contributed by atoms with E-state index >= 15 is 0 Å².